The van der Waals surface area contributed by atoms with Crippen molar-refractivity contribution in [2.45, 2.75) is 43.4 Å². The Morgan fingerprint density at radius 2 is 1.97 bits per heavy atom. The van der Waals surface area contributed by atoms with E-state index >= 15 is 0 Å². The van der Waals surface area contributed by atoms with Crippen LogP contribution in [0.4, 0.5) is 8.78 Å². The summed E-state index contributed by atoms with van der Waals surface area (Å²) in [6.07, 6.45) is 0.343. The van der Waals surface area contributed by atoms with E-state index in [1.807, 2.05) is 19.1 Å². The number of carboxylic acid groups (broad SMARTS) is 1. The summed E-state index contributed by atoms with van der Waals surface area (Å²) < 4.78 is 32.3. The fourth-order valence-electron chi connectivity index (χ4n) is 2.54. The topological polar surface area (TPSA) is 72.3 Å². The fourth-order valence-corrected chi connectivity index (χ4v) is 4.35. The molecule has 0 saturated heterocycles. The van der Waals surface area contributed by atoms with Gasteiger partial charge in [0.25, 0.3) is 0 Å². The number of aryl methyl sites for hydroxylation is 1. The van der Waals surface area contributed by atoms with Crippen LogP contribution in [0.25, 0.3) is 10.6 Å². The zero-order valence-corrected chi connectivity index (χ0v) is 18.2. The molecule has 2 aromatic carbocycles. The van der Waals surface area contributed by atoms with E-state index in [2.05, 4.69) is 10.2 Å². The molecule has 0 bridgehead atoms. The minimum Gasteiger partial charge on any atom is -0.478 e. The number of aromatic nitrogens is 2. The summed E-state index contributed by atoms with van der Waals surface area (Å²) in [5.41, 5.74) is 0.0421. The number of hydrogen-bond acceptors (Lipinski definition) is 6. The molecule has 3 rings (SSSR count). The predicted octanol–water partition coefficient (Wildman–Crippen LogP) is 5.72. The lowest BCUT2D eigenvalue weighted by Gasteiger charge is -2.26. The van der Waals surface area contributed by atoms with Crippen LogP contribution in [0.5, 0.6) is 5.75 Å². The average Bonchev–Trinajstić information content (AvgIpc) is 3.19. The molecule has 0 fully saturated rings. The Morgan fingerprint density at radius 1 is 1.20 bits per heavy atom. The minimum absolute atomic E-state index is 0.343. The van der Waals surface area contributed by atoms with E-state index in [1.165, 1.54) is 17.4 Å². The van der Waals surface area contributed by atoms with Crippen LogP contribution in [-0.4, -0.2) is 26.9 Å². The minimum atomic E-state index is -1.28. The van der Waals surface area contributed by atoms with E-state index in [1.54, 1.807) is 31.7 Å². The van der Waals surface area contributed by atoms with Crippen molar-refractivity contribution in [3.05, 3.63) is 58.6 Å². The first kappa shape index (κ1) is 22.2. The van der Waals surface area contributed by atoms with Crippen LogP contribution in [-0.2, 0) is 10.5 Å². The van der Waals surface area contributed by atoms with Gasteiger partial charge in [-0.25, -0.2) is 13.6 Å². The monoisotopic (exact) mass is 450 g/mol. The SMILES string of the molecule is CCC(C)(Oc1ccc(SCc2nnc(-c3ccc(F)c(F)c3)s2)cc1C)C(=O)O. The highest BCUT2D eigenvalue weighted by atomic mass is 32.2. The van der Waals surface area contributed by atoms with Gasteiger partial charge in [0.05, 0.1) is 5.75 Å². The zero-order valence-electron chi connectivity index (χ0n) is 16.6. The Morgan fingerprint density at radius 3 is 2.60 bits per heavy atom. The molecule has 0 amide bonds. The highest BCUT2D eigenvalue weighted by Crippen LogP contribution is 2.32. The zero-order chi connectivity index (χ0) is 21.9. The number of benzene rings is 2. The number of carbonyl (C=O) groups is 1. The van der Waals surface area contributed by atoms with Crippen molar-refractivity contribution in [1.29, 1.82) is 0 Å². The summed E-state index contributed by atoms with van der Waals surface area (Å²) in [4.78, 5) is 12.4. The quantitative estimate of drug-likeness (QED) is 0.443. The van der Waals surface area contributed by atoms with Crippen LogP contribution in [0.2, 0.25) is 0 Å². The molecule has 1 aromatic heterocycles. The summed E-state index contributed by atoms with van der Waals surface area (Å²) in [7, 11) is 0. The van der Waals surface area contributed by atoms with Crippen LogP contribution < -0.4 is 4.74 Å². The van der Waals surface area contributed by atoms with Crippen molar-refractivity contribution in [3.63, 3.8) is 0 Å². The van der Waals surface area contributed by atoms with E-state index in [9.17, 15) is 18.7 Å². The Kier molecular flexibility index (Phi) is 6.72. The summed E-state index contributed by atoms with van der Waals surface area (Å²) in [6, 6.07) is 9.20. The van der Waals surface area contributed by atoms with E-state index in [0.717, 1.165) is 27.6 Å². The lowest BCUT2D eigenvalue weighted by Crippen LogP contribution is -2.40. The number of nitrogens with zero attached hydrogens (tertiary/aromatic N) is 2. The number of carboxylic acids is 1. The number of halogens is 2. The average molecular weight is 451 g/mol. The molecule has 158 valence electrons. The molecule has 1 heterocycles. The van der Waals surface area contributed by atoms with Crippen molar-refractivity contribution in [1.82, 2.24) is 10.2 Å². The summed E-state index contributed by atoms with van der Waals surface area (Å²) in [5, 5.41) is 18.8. The Balaban J connectivity index is 1.67. The fraction of sp³-hybridized carbons (Fsp3) is 0.286. The van der Waals surface area contributed by atoms with Gasteiger partial charge in [0.1, 0.15) is 15.8 Å². The first-order chi connectivity index (χ1) is 14.2. The van der Waals surface area contributed by atoms with Gasteiger partial charge in [0.15, 0.2) is 11.6 Å². The third-order valence-electron chi connectivity index (χ3n) is 4.60. The van der Waals surface area contributed by atoms with Gasteiger partial charge >= 0.3 is 5.97 Å². The number of thioether (sulfide) groups is 1. The molecule has 30 heavy (non-hydrogen) atoms. The summed E-state index contributed by atoms with van der Waals surface area (Å²) >= 11 is 2.86. The van der Waals surface area contributed by atoms with E-state index in [-0.39, 0.29) is 0 Å². The molecule has 1 N–H and O–H groups in total. The molecule has 0 radical (unpaired) electrons. The standard InChI is InChI=1S/C21H20F2N2O3S2/c1-4-21(3,20(26)27)28-17-8-6-14(9-12(17)2)29-11-18-24-25-19(30-18)13-5-7-15(22)16(23)10-13/h5-10H,4,11H2,1-3H3,(H,26,27). The lowest BCUT2D eigenvalue weighted by atomic mass is 10.0. The van der Waals surface area contributed by atoms with Gasteiger partial charge in [-0.1, -0.05) is 18.3 Å². The van der Waals surface area contributed by atoms with Crippen molar-refractivity contribution in [2.24, 2.45) is 0 Å². The van der Waals surface area contributed by atoms with Crippen molar-refractivity contribution in [3.8, 4) is 16.3 Å². The second-order valence-corrected chi connectivity index (χ2v) is 8.95. The van der Waals surface area contributed by atoms with Gasteiger partial charge in [-0.05, 0) is 62.2 Å². The number of rotatable bonds is 8. The normalized spacial score (nSPS) is 13.1. The van der Waals surface area contributed by atoms with Gasteiger partial charge in [0.2, 0.25) is 5.60 Å². The van der Waals surface area contributed by atoms with E-state index in [4.69, 9.17) is 4.74 Å². The second-order valence-electron chi connectivity index (χ2n) is 6.84. The lowest BCUT2D eigenvalue weighted by molar-refractivity contribution is -0.154. The number of hydrogen-bond donors (Lipinski definition) is 1. The predicted molar refractivity (Wildman–Crippen MR) is 113 cm³/mol. The Labute approximate surface area is 181 Å². The van der Waals surface area contributed by atoms with Gasteiger partial charge in [-0.3, -0.25) is 0 Å². The third-order valence-corrected chi connectivity index (χ3v) is 6.76. The molecule has 3 aromatic rings. The second kappa shape index (κ2) is 9.09. The van der Waals surface area contributed by atoms with E-state index in [0.29, 0.717) is 28.5 Å². The largest absolute Gasteiger partial charge is 0.478 e. The van der Waals surface area contributed by atoms with Crippen molar-refractivity contribution >= 4 is 29.1 Å². The van der Waals surface area contributed by atoms with Gasteiger partial charge < -0.3 is 9.84 Å². The van der Waals surface area contributed by atoms with Gasteiger partial charge in [-0.2, -0.15) is 0 Å². The highest BCUT2D eigenvalue weighted by molar-refractivity contribution is 7.98. The maximum atomic E-state index is 13.4. The first-order valence-corrected chi connectivity index (χ1v) is 11.0. The summed E-state index contributed by atoms with van der Waals surface area (Å²) in [6.45, 7) is 5.19. The van der Waals surface area contributed by atoms with Crippen LogP contribution in [0, 0.1) is 18.6 Å². The molecular weight excluding hydrogens is 430 g/mol. The molecule has 1 unspecified atom stereocenters. The molecule has 1 atom stereocenters. The molecule has 5 nitrogen and oxygen atoms in total. The Hall–Kier alpha value is -2.52. The molecular formula is C21H20F2N2O3S2. The van der Waals surface area contributed by atoms with Crippen molar-refractivity contribution in [2.75, 3.05) is 0 Å². The maximum absolute atomic E-state index is 13.4. The first-order valence-electron chi connectivity index (χ1n) is 9.15. The van der Waals surface area contributed by atoms with Crippen LogP contribution >= 0.6 is 23.1 Å². The molecule has 0 aliphatic rings. The Bertz CT molecular complexity index is 1070. The third kappa shape index (κ3) is 4.96. The van der Waals surface area contributed by atoms with E-state index < -0.39 is 23.2 Å². The highest BCUT2D eigenvalue weighted by Gasteiger charge is 2.33. The molecule has 0 aliphatic carbocycles. The van der Waals surface area contributed by atoms with Crippen LogP contribution in [0.1, 0.15) is 30.8 Å². The maximum Gasteiger partial charge on any atom is 0.347 e. The smallest absolute Gasteiger partial charge is 0.347 e. The summed E-state index contributed by atoms with van der Waals surface area (Å²) in [5.74, 6) is -1.73. The number of aliphatic carboxylic acids is 1. The van der Waals surface area contributed by atoms with Gasteiger partial charge in [-0.15, -0.1) is 22.0 Å². The van der Waals surface area contributed by atoms with Gasteiger partial charge in [0, 0.05) is 10.5 Å². The van der Waals surface area contributed by atoms with Crippen molar-refractivity contribution < 1.29 is 23.4 Å². The van der Waals surface area contributed by atoms with Crippen LogP contribution in [0.3, 0.4) is 0 Å². The molecule has 0 saturated carbocycles. The molecule has 0 spiro atoms. The molecule has 9 heteroatoms. The van der Waals surface area contributed by atoms with Crippen LogP contribution in [0.15, 0.2) is 41.3 Å². The number of ether oxygens (including phenoxy) is 1. The molecule has 0 aliphatic heterocycles.